The van der Waals surface area contributed by atoms with Crippen molar-refractivity contribution in [2.24, 2.45) is 0 Å². The zero-order valence-corrected chi connectivity index (χ0v) is 13.0. The molecule has 1 aromatic rings. The van der Waals surface area contributed by atoms with Crippen molar-refractivity contribution in [3.8, 4) is 0 Å². The molecule has 0 radical (unpaired) electrons. The van der Waals surface area contributed by atoms with Gasteiger partial charge >= 0.3 is 0 Å². The van der Waals surface area contributed by atoms with E-state index in [1.54, 1.807) is 9.80 Å². The average molecular weight is 315 g/mol. The van der Waals surface area contributed by atoms with Gasteiger partial charge in [0.2, 0.25) is 17.7 Å². The van der Waals surface area contributed by atoms with Gasteiger partial charge in [-0.2, -0.15) is 0 Å². The quantitative estimate of drug-likeness (QED) is 0.892. The van der Waals surface area contributed by atoms with Gasteiger partial charge in [-0.05, 0) is 12.0 Å². The summed E-state index contributed by atoms with van der Waals surface area (Å²) < 4.78 is 0. The number of carbonyl (C=O) groups is 3. The highest BCUT2D eigenvalue weighted by atomic mass is 16.2. The molecule has 3 amide bonds. The number of hydrogen-bond donors (Lipinski definition) is 1. The zero-order valence-electron chi connectivity index (χ0n) is 13.0. The molecule has 1 N–H and O–H groups in total. The maximum atomic E-state index is 12.7. The highest BCUT2D eigenvalue weighted by Crippen LogP contribution is 2.26. The van der Waals surface area contributed by atoms with Crippen LogP contribution in [0.4, 0.5) is 0 Å². The molecular formula is C17H21N3O3. The Morgan fingerprint density at radius 2 is 1.96 bits per heavy atom. The van der Waals surface area contributed by atoms with Gasteiger partial charge in [-0.15, -0.1) is 0 Å². The van der Waals surface area contributed by atoms with Gasteiger partial charge in [-0.1, -0.05) is 30.3 Å². The van der Waals surface area contributed by atoms with Crippen LogP contribution in [0, 0.1) is 0 Å². The van der Waals surface area contributed by atoms with Crippen molar-refractivity contribution < 1.29 is 14.4 Å². The Balaban J connectivity index is 1.79. The highest BCUT2D eigenvalue weighted by Gasteiger charge is 2.32. The molecular weight excluding hydrogens is 294 g/mol. The number of rotatable bonds is 3. The third-order valence-electron chi connectivity index (χ3n) is 4.43. The lowest BCUT2D eigenvalue weighted by Gasteiger charge is -2.31. The van der Waals surface area contributed by atoms with Crippen LogP contribution < -0.4 is 5.32 Å². The second kappa shape index (κ2) is 6.81. The minimum Gasteiger partial charge on any atom is -0.354 e. The number of amides is 3. The molecule has 2 aliphatic heterocycles. The lowest BCUT2D eigenvalue weighted by molar-refractivity contribution is -0.140. The fourth-order valence-corrected chi connectivity index (χ4v) is 3.23. The summed E-state index contributed by atoms with van der Waals surface area (Å²) in [6.07, 6.45) is 1.59. The molecule has 1 atom stereocenters. The minimum absolute atomic E-state index is 0.0404. The lowest BCUT2D eigenvalue weighted by Crippen LogP contribution is -2.43. The van der Waals surface area contributed by atoms with Crippen molar-refractivity contribution in [3.05, 3.63) is 35.9 Å². The van der Waals surface area contributed by atoms with E-state index in [1.807, 2.05) is 30.3 Å². The molecule has 6 nitrogen and oxygen atoms in total. The van der Waals surface area contributed by atoms with Crippen LogP contribution >= 0.6 is 0 Å². The fraction of sp³-hybridized carbons (Fsp3) is 0.471. The lowest BCUT2D eigenvalue weighted by atomic mass is 10.0. The predicted octanol–water partition coefficient (Wildman–Crippen LogP) is 0.699. The van der Waals surface area contributed by atoms with Gasteiger partial charge in [-0.3, -0.25) is 14.4 Å². The maximum absolute atomic E-state index is 12.7. The van der Waals surface area contributed by atoms with Crippen LogP contribution in [-0.4, -0.2) is 53.7 Å². The summed E-state index contributed by atoms with van der Waals surface area (Å²) >= 11 is 0. The van der Waals surface area contributed by atoms with Crippen molar-refractivity contribution in [1.82, 2.24) is 15.1 Å². The molecule has 122 valence electrons. The van der Waals surface area contributed by atoms with Crippen LogP contribution in [0.3, 0.4) is 0 Å². The summed E-state index contributed by atoms with van der Waals surface area (Å²) in [7, 11) is 0. The number of likely N-dealkylation sites (tertiary alicyclic amines) is 1. The number of nitrogens with zero attached hydrogens (tertiary/aromatic N) is 2. The first kappa shape index (κ1) is 15.5. The topological polar surface area (TPSA) is 69.7 Å². The molecule has 23 heavy (non-hydrogen) atoms. The second-order valence-corrected chi connectivity index (χ2v) is 5.99. The molecule has 0 spiro atoms. The van der Waals surface area contributed by atoms with Crippen LogP contribution in [0.5, 0.6) is 0 Å². The summed E-state index contributed by atoms with van der Waals surface area (Å²) in [4.78, 5) is 39.8. The first-order chi connectivity index (χ1) is 11.1. The van der Waals surface area contributed by atoms with E-state index in [0.717, 1.165) is 12.0 Å². The molecule has 0 aliphatic carbocycles. The van der Waals surface area contributed by atoms with E-state index >= 15 is 0 Å². The standard InChI is InChI=1S/C17H21N3O3/c21-15-11-14(13-5-2-1-3-6-13)20(10-8-18-15)17(23)12-19-9-4-7-16(19)22/h1-3,5-6,14H,4,7-12H2,(H,18,21)/t14-/m0/s1. The first-order valence-electron chi connectivity index (χ1n) is 8.04. The zero-order chi connectivity index (χ0) is 16.2. The molecule has 2 heterocycles. The number of hydrogen-bond acceptors (Lipinski definition) is 3. The van der Waals surface area contributed by atoms with E-state index in [2.05, 4.69) is 5.32 Å². The van der Waals surface area contributed by atoms with Crippen LogP contribution in [0.2, 0.25) is 0 Å². The number of nitrogens with one attached hydrogen (secondary N) is 1. The highest BCUT2D eigenvalue weighted by molar-refractivity contribution is 5.87. The molecule has 0 unspecified atom stereocenters. The molecule has 2 fully saturated rings. The summed E-state index contributed by atoms with van der Waals surface area (Å²) in [5, 5.41) is 2.82. The largest absolute Gasteiger partial charge is 0.354 e. The van der Waals surface area contributed by atoms with E-state index in [-0.39, 0.29) is 36.7 Å². The van der Waals surface area contributed by atoms with E-state index in [1.165, 1.54) is 0 Å². The smallest absolute Gasteiger partial charge is 0.242 e. The van der Waals surface area contributed by atoms with E-state index < -0.39 is 0 Å². The van der Waals surface area contributed by atoms with Crippen LogP contribution in [0.15, 0.2) is 30.3 Å². The van der Waals surface area contributed by atoms with E-state index in [4.69, 9.17) is 0 Å². The second-order valence-electron chi connectivity index (χ2n) is 5.99. The predicted molar refractivity (Wildman–Crippen MR) is 84.3 cm³/mol. The van der Waals surface area contributed by atoms with Gasteiger partial charge in [-0.25, -0.2) is 0 Å². The van der Waals surface area contributed by atoms with Crippen molar-refractivity contribution in [1.29, 1.82) is 0 Å². The Morgan fingerprint density at radius 3 is 2.65 bits per heavy atom. The fourth-order valence-electron chi connectivity index (χ4n) is 3.23. The Bertz CT molecular complexity index is 602. The third-order valence-corrected chi connectivity index (χ3v) is 4.43. The summed E-state index contributed by atoms with van der Waals surface area (Å²) in [5.74, 6) is -0.101. The number of benzene rings is 1. The van der Waals surface area contributed by atoms with Crippen molar-refractivity contribution >= 4 is 17.7 Å². The SMILES string of the molecule is O=C1C[C@@H](c2ccccc2)N(C(=O)CN2CCCC2=O)CCN1. The monoisotopic (exact) mass is 315 g/mol. The summed E-state index contributed by atoms with van der Waals surface area (Å²) in [5.41, 5.74) is 0.950. The van der Waals surface area contributed by atoms with Gasteiger partial charge < -0.3 is 15.1 Å². The molecule has 0 aromatic heterocycles. The van der Waals surface area contributed by atoms with Gasteiger partial charge in [0.25, 0.3) is 0 Å². The minimum atomic E-state index is -0.274. The number of carbonyl (C=O) groups excluding carboxylic acids is 3. The molecule has 2 aliphatic rings. The van der Waals surface area contributed by atoms with Gasteiger partial charge in [0, 0.05) is 26.1 Å². The molecule has 6 heteroatoms. The van der Waals surface area contributed by atoms with Crippen molar-refractivity contribution in [2.75, 3.05) is 26.2 Å². The van der Waals surface area contributed by atoms with E-state index in [0.29, 0.717) is 26.1 Å². The van der Waals surface area contributed by atoms with Gasteiger partial charge in [0.15, 0.2) is 0 Å². The summed E-state index contributed by atoms with van der Waals surface area (Å²) in [6, 6.07) is 9.32. The molecule has 3 rings (SSSR count). The van der Waals surface area contributed by atoms with Crippen LogP contribution in [-0.2, 0) is 14.4 Å². The average Bonchev–Trinajstić information content (AvgIpc) is 2.84. The maximum Gasteiger partial charge on any atom is 0.242 e. The Labute approximate surface area is 135 Å². The Hall–Kier alpha value is -2.37. The molecule has 1 aromatic carbocycles. The van der Waals surface area contributed by atoms with Gasteiger partial charge in [0.1, 0.15) is 0 Å². The van der Waals surface area contributed by atoms with Crippen LogP contribution in [0.25, 0.3) is 0 Å². The molecule has 2 saturated heterocycles. The molecule has 0 bridgehead atoms. The van der Waals surface area contributed by atoms with Gasteiger partial charge in [0.05, 0.1) is 19.0 Å². The summed E-state index contributed by atoms with van der Waals surface area (Å²) in [6.45, 7) is 1.66. The Kier molecular flexibility index (Phi) is 4.60. The normalized spacial score (nSPS) is 22.0. The molecule has 0 saturated carbocycles. The van der Waals surface area contributed by atoms with Crippen LogP contribution in [0.1, 0.15) is 30.9 Å². The van der Waals surface area contributed by atoms with Crippen molar-refractivity contribution in [2.45, 2.75) is 25.3 Å². The third kappa shape index (κ3) is 3.52. The van der Waals surface area contributed by atoms with E-state index in [9.17, 15) is 14.4 Å². The Morgan fingerprint density at radius 1 is 1.17 bits per heavy atom. The first-order valence-corrected chi connectivity index (χ1v) is 8.04. The van der Waals surface area contributed by atoms with Crippen molar-refractivity contribution in [3.63, 3.8) is 0 Å².